The van der Waals surface area contributed by atoms with Crippen molar-refractivity contribution in [3.8, 4) is 0 Å². The molecule has 1 atom stereocenters. The minimum Gasteiger partial charge on any atom is -0.396 e. The smallest absolute Gasteiger partial charge is 0.127 e. The molecular formula is C12H14N2OS. The number of hydrogen-bond acceptors (Lipinski definition) is 4. The van der Waals surface area contributed by atoms with Crippen molar-refractivity contribution < 1.29 is 5.11 Å². The van der Waals surface area contributed by atoms with Gasteiger partial charge in [-0.1, -0.05) is 31.2 Å². The third kappa shape index (κ3) is 2.51. The van der Waals surface area contributed by atoms with Crippen LogP contribution in [0.15, 0.2) is 35.5 Å². The van der Waals surface area contributed by atoms with Gasteiger partial charge in [-0.2, -0.15) is 5.10 Å². The number of aromatic nitrogens is 2. The van der Waals surface area contributed by atoms with E-state index >= 15 is 0 Å². The van der Waals surface area contributed by atoms with Crippen LogP contribution in [0.3, 0.4) is 0 Å². The number of hydrogen-bond donors (Lipinski definition) is 1. The molecule has 0 spiro atoms. The first-order valence-electron chi connectivity index (χ1n) is 5.25. The van der Waals surface area contributed by atoms with Crippen LogP contribution in [0, 0.1) is 5.92 Å². The molecule has 2 rings (SSSR count). The van der Waals surface area contributed by atoms with Crippen molar-refractivity contribution in [1.82, 2.24) is 10.2 Å². The summed E-state index contributed by atoms with van der Waals surface area (Å²) < 4.78 is 0. The van der Waals surface area contributed by atoms with Gasteiger partial charge < -0.3 is 5.11 Å². The Morgan fingerprint density at radius 2 is 2.19 bits per heavy atom. The fraction of sp³-hybridized carbons (Fsp3) is 0.333. The normalized spacial score (nSPS) is 12.9. The summed E-state index contributed by atoms with van der Waals surface area (Å²) in [4.78, 5) is 0. The lowest BCUT2D eigenvalue weighted by Gasteiger charge is -2.07. The standard InChI is InChI=1S/C12H14N2OS/c1-9(7-15)8-16-12-11-5-3-2-4-10(11)6-13-14-12/h2-6,9,15H,7-8H2,1H3. The summed E-state index contributed by atoms with van der Waals surface area (Å²) in [6, 6.07) is 8.08. The highest BCUT2D eigenvalue weighted by Crippen LogP contribution is 2.25. The highest BCUT2D eigenvalue weighted by atomic mass is 32.2. The van der Waals surface area contributed by atoms with E-state index in [1.807, 2.05) is 25.1 Å². The first kappa shape index (κ1) is 11.4. The number of rotatable bonds is 4. The summed E-state index contributed by atoms with van der Waals surface area (Å²) in [7, 11) is 0. The molecule has 1 aromatic carbocycles. The van der Waals surface area contributed by atoms with E-state index in [-0.39, 0.29) is 12.5 Å². The molecule has 0 aliphatic carbocycles. The van der Waals surface area contributed by atoms with Crippen molar-refractivity contribution in [3.05, 3.63) is 30.5 Å². The maximum absolute atomic E-state index is 8.98. The number of fused-ring (bicyclic) bond motifs is 1. The van der Waals surface area contributed by atoms with Crippen LogP contribution in [0.2, 0.25) is 0 Å². The van der Waals surface area contributed by atoms with Gasteiger partial charge in [0, 0.05) is 23.1 Å². The minimum absolute atomic E-state index is 0.213. The molecule has 0 aliphatic heterocycles. The van der Waals surface area contributed by atoms with Crippen molar-refractivity contribution >= 4 is 22.5 Å². The van der Waals surface area contributed by atoms with E-state index in [1.165, 1.54) is 0 Å². The molecule has 16 heavy (non-hydrogen) atoms. The molecule has 1 aromatic heterocycles. The average molecular weight is 234 g/mol. The summed E-state index contributed by atoms with van der Waals surface area (Å²) in [5.41, 5.74) is 0. The first-order valence-corrected chi connectivity index (χ1v) is 6.24. The van der Waals surface area contributed by atoms with Crippen molar-refractivity contribution in [2.45, 2.75) is 11.9 Å². The van der Waals surface area contributed by atoms with E-state index in [9.17, 15) is 0 Å². The lowest BCUT2D eigenvalue weighted by molar-refractivity contribution is 0.250. The molecule has 0 saturated heterocycles. The van der Waals surface area contributed by atoms with E-state index in [0.29, 0.717) is 0 Å². The molecule has 0 saturated carbocycles. The molecule has 1 heterocycles. The fourth-order valence-corrected chi connectivity index (χ4v) is 2.38. The quantitative estimate of drug-likeness (QED) is 0.825. The Balaban J connectivity index is 2.23. The van der Waals surface area contributed by atoms with Gasteiger partial charge in [0.2, 0.25) is 0 Å². The summed E-state index contributed by atoms with van der Waals surface area (Å²) in [5.74, 6) is 1.14. The molecule has 0 aliphatic rings. The zero-order valence-electron chi connectivity index (χ0n) is 9.13. The van der Waals surface area contributed by atoms with Gasteiger partial charge in [0.05, 0.1) is 6.20 Å². The van der Waals surface area contributed by atoms with Crippen LogP contribution < -0.4 is 0 Å². The van der Waals surface area contributed by atoms with Gasteiger partial charge in [-0.25, -0.2) is 0 Å². The minimum atomic E-state index is 0.213. The molecule has 1 N–H and O–H groups in total. The van der Waals surface area contributed by atoms with Crippen molar-refractivity contribution in [3.63, 3.8) is 0 Å². The molecule has 0 radical (unpaired) electrons. The highest BCUT2D eigenvalue weighted by Gasteiger charge is 2.06. The largest absolute Gasteiger partial charge is 0.396 e. The Morgan fingerprint density at radius 1 is 1.38 bits per heavy atom. The maximum Gasteiger partial charge on any atom is 0.127 e. The van der Waals surface area contributed by atoms with Crippen LogP contribution in [-0.2, 0) is 0 Å². The van der Waals surface area contributed by atoms with Crippen LogP contribution in [-0.4, -0.2) is 27.7 Å². The Morgan fingerprint density at radius 3 is 3.00 bits per heavy atom. The fourth-order valence-electron chi connectivity index (χ4n) is 1.38. The zero-order valence-corrected chi connectivity index (χ0v) is 9.94. The van der Waals surface area contributed by atoms with Gasteiger partial charge >= 0.3 is 0 Å². The zero-order chi connectivity index (χ0) is 11.4. The topological polar surface area (TPSA) is 46.0 Å². The predicted molar refractivity (Wildman–Crippen MR) is 66.5 cm³/mol. The third-order valence-electron chi connectivity index (χ3n) is 2.35. The SMILES string of the molecule is CC(CO)CSc1nncc2ccccc12. The highest BCUT2D eigenvalue weighted by molar-refractivity contribution is 7.99. The Labute approximate surface area is 98.9 Å². The summed E-state index contributed by atoms with van der Waals surface area (Å²) >= 11 is 1.65. The van der Waals surface area contributed by atoms with Crippen LogP contribution in [0.5, 0.6) is 0 Å². The van der Waals surface area contributed by atoms with Crippen LogP contribution in [0.1, 0.15) is 6.92 Å². The number of aliphatic hydroxyl groups is 1. The summed E-state index contributed by atoms with van der Waals surface area (Å²) in [6.07, 6.45) is 1.77. The van der Waals surface area contributed by atoms with Crippen molar-refractivity contribution in [1.29, 1.82) is 0 Å². The summed E-state index contributed by atoms with van der Waals surface area (Å²) in [5, 5.41) is 20.3. The lowest BCUT2D eigenvalue weighted by atomic mass is 10.2. The second kappa shape index (κ2) is 5.27. The predicted octanol–water partition coefficient (Wildman–Crippen LogP) is 2.35. The third-order valence-corrected chi connectivity index (χ3v) is 3.66. The monoisotopic (exact) mass is 234 g/mol. The molecule has 3 nitrogen and oxygen atoms in total. The Bertz CT molecular complexity index is 470. The van der Waals surface area contributed by atoms with Crippen molar-refractivity contribution in [2.75, 3.05) is 12.4 Å². The average Bonchev–Trinajstić information content (AvgIpc) is 2.35. The van der Waals surface area contributed by atoms with Gasteiger partial charge in [0.1, 0.15) is 5.03 Å². The lowest BCUT2D eigenvalue weighted by Crippen LogP contribution is -2.03. The molecule has 0 fully saturated rings. The Hall–Kier alpha value is -1.13. The molecule has 1 unspecified atom stereocenters. The van der Waals surface area contributed by atoms with E-state index in [2.05, 4.69) is 16.3 Å². The molecule has 2 aromatic rings. The second-order valence-electron chi connectivity index (χ2n) is 3.84. The number of benzene rings is 1. The summed E-state index contributed by atoms with van der Waals surface area (Å²) in [6.45, 7) is 2.23. The van der Waals surface area contributed by atoms with E-state index in [1.54, 1.807) is 18.0 Å². The van der Waals surface area contributed by atoms with E-state index in [0.717, 1.165) is 21.6 Å². The second-order valence-corrected chi connectivity index (χ2v) is 4.84. The first-order chi connectivity index (χ1) is 7.81. The number of nitrogens with zero attached hydrogens (tertiary/aromatic N) is 2. The van der Waals surface area contributed by atoms with Crippen LogP contribution in [0.25, 0.3) is 10.8 Å². The van der Waals surface area contributed by atoms with Crippen LogP contribution >= 0.6 is 11.8 Å². The van der Waals surface area contributed by atoms with E-state index in [4.69, 9.17) is 5.11 Å². The van der Waals surface area contributed by atoms with Gasteiger partial charge in [-0.15, -0.1) is 16.9 Å². The van der Waals surface area contributed by atoms with Gasteiger partial charge in [-0.3, -0.25) is 0 Å². The van der Waals surface area contributed by atoms with Crippen molar-refractivity contribution in [2.24, 2.45) is 5.92 Å². The molecular weight excluding hydrogens is 220 g/mol. The van der Waals surface area contributed by atoms with Crippen LogP contribution in [0.4, 0.5) is 0 Å². The number of thioether (sulfide) groups is 1. The Kier molecular flexibility index (Phi) is 3.74. The molecule has 0 amide bonds. The number of aliphatic hydroxyl groups excluding tert-OH is 1. The van der Waals surface area contributed by atoms with E-state index < -0.39 is 0 Å². The molecule has 84 valence electrons. The maximum atomic E-state index is 8.98. The molecule has 0 bridgehead atoms. The molecule has 4 heteroatoms. The van der Waals surface area contributed by atoms with Gasteiger partial charge in [-0.05, 0) is 5.92 Å². The van der Waals surface area contributed by atoms with Gasteiger partial charge in [0.25, 0.3) is 0 Å². The van der Waals surface area contributed by atoms with Gasteiger partial charge in [0.15, 0.2) is 0 Å².